The predicted molar refractivity (Wildman–Crippen MR) is 295 cm³/mol. The van der Waals surface area contributed by atoms with Gasteiger partial charge in [-0.2, -0.15) is 0 Å². The van der Waals surface area contributed by atoms with Crippen LogP contribution in [0.15, 0.2) is 199 Å². The average Bonchev–Trinajstić information content (AvgIpc) is 4.13. The number of nitrogens with zero attached hydrogens (tertiary/aromatic N) is 2. The van der Waals surface area contributed by atoms with Gasteiger partial charge in [0.1, 0.15) is 0 Å². The number of fused-ring (bicyclic) bond motifs is 11. The first kappa shape index (κ1) is 40.5. The van der Waals surface area contributed by atoms with Gasteiger partial charge in [-0.05, 0) is 188 Å². The Morgan fingerprint density at radius 2 is 0.986 bits per heavy atom. The molecule has 4 aliphatic carbocycles. The third kappa shape index (κ3) is 5.80. The van der Waals surface area contributed by atoms with Gasteiger partial charge in [0, 0.05) is 33.6 Å². The smallest absolute Gasteiger partial charge is 0.0502 e. The van der Waals surface area contributed by atoms with Crippen molar-refractivity contribution in [3.05, 3.63) is 233 Å². The van der Waals surface area contributed by atoms with Gasteiger partial charge < -0.3 is 9.80 Å². The molecule has 70 heavy (non-hydrogen) atoms. The molecule has 2 fully saturated rings. The zero-order chi connectivity index (χ0) is 46.0. The van der Waals surface area contributed by atoms with Gasteiger partial charge in [0.15, 0.2) is 0 Å². The molecule has 0 radical (unpaired) electrons. The molecule has 0 N–H and O–H groups in total. The molecule has 0 atom stereocenters. The van der Waals surface area contributed by atoms with Crippen molar-refractivity contribution < 1.29 is 0 Å². The highest BCUT2D eigenvalue weighted by Gasteiger charge is 2.47. The molecule has 2 spiro atoms. The van der Waals surface area contributed by atoms with E-state index in [0.717, 1.165) is 25.7 Å². The van der Waals surface area contributed by atoms with Gasteiger partial charge in [-0.1, -0.05) is 171 Å². The summed E-state index contributed by atoms with van der Waals surface area (Å²) in [7, 11) is 0. The Bertz CT molecular complexity index is 3700. The Balaban J connectivity index is 1.03. The molecule has 15 rings (SSSR count). The normalized spacial score (nSPS) is 18.3. The number of allylic oxidation sites excluding steroid dienone is 5. The Labute approximate surface area is 411 Å². The largest absolute Gasteiger partial charge is 0.314 e. The third-order valence-corrected chi connectivity index (χ3v) is 17.8. The first-order chi connectivity index (χ1) is 34.7. The van der Waals surface area contributed by atoms with E-state index in [0.29, 0.717) is 0 Å². The summed E-state index contributed by atoms with van der Waals surface area (Å²) in [5, 5.41) is 7.78. The van der Waals surface area contributed by atoms with Crippen LogP contribution >= 0.6 is 0 Å². The standard InChI is InChI=1S/C68H56N2/c1-3-19-47-41-49(31-29-45(47)17-1)65-53-35-33-52(70-63-27-11-7-23-59(63)68(39-15-16-40-68)60-24-8-12-28-64(60)70)44-56(53)66(50-32-30-46-18-2-4-20-48(46)42-50)54-36-34-51(43-55(54)65)69-61-25-9-5-21-57(61)67(37-13-14-38-67)58-22-6-10-26-62(58)69/h1-11,17-27,30,32-36,41-44H,12-16,28-29,31,37-40H2. The van der Waals surface area contributed by atoms with Crippen LogP contribution in [0.25, 0.3) is 55.1 Å². The maximum absolute atomic E-state index is 2.67. The van der Waals surface area contributed by atoms with Crippen molar-refractivity contribution >= 4 is 72.4 Å². The molecule has 0 amide bonds. The lowest BCUT2D eigenvalue weighted by Gasteiger charge is -2.46. The molecule has 2 heteroatoms. The summed E-state index contributed by atoms with van der Waals surface area (Å²) in [6, 6.07) is 68.2. The third-order valence-electron chi connectivity index (χ3n) is 17.8. The van der Waals surface area contributed by atoms with E-state index in [-0.39, 0.29) is 10.8 Å². The Hall–Kier alpha value is -7.42. The Morgan fingerprint density at radius 1 is 0.414 bits per heavy atom. The molecule has 9 aromatic carbocycles. The van der Waals surface area contributed by atoms with E-state index in [2.05, 4.69) is 204 Å². The zero-order valence-electron chi connectivity index (χ0n) is 39.9. The number of hydrogen-bond donors (Lipinski definition) is 0. The summed E-state index contributed by atoms with van der Waals surface area (Å²) in [5.74, 6) is 0. The van der Waals surface area contributed by atoms with Crippen LogP contribution in [-0.2, 0) is 17.3 Å². The quantitative estimate of drug-likeness (QED) is 0.162. The topological polar surface area (TPSA) is 6.48 Å². The summed E-state index contributed by atoms with van der Waals surface area (Å²) in [6.07, 6.45) is 21.6. The maximum atomic E-state index is 2.67. The van der Waals surface area contributed by atoms with E-state index >= 15 is 0 Å². The van der Waals surface area contributed by atoms with Crippen LogP contribution in [0.1, 0.15) is 104 Å². The van der Waals surface area contributed by atoms with Crippen molar-refractivity contribution in [1.29, 1.82) is 0 Å². The van der Waals surface area contributed by atoms with Gasteiger partial charge in [-0.3, -0.25) is 0 Å². The fourth-order valence-corrected chi connectivity index (χ4v) is 14.8. The molecule has 6 aliphatic rings. The van der Waals surface area contributed by atoms with Crippen molar-refractivity contribution in [1.82, 2.24) is 0 Å². The minimum Gasteiger partial charge on any atom is -0.314 e. The van der Waals surface area contributed by atoms with Gasteiger partial charge in [-0.25, -0.2) is 0 Å². The molecule has 9 aromatic rings. The van der Waals surface area contributed by atoms with Crippen molar-refractivity contribution in [2.24, 2.45) is 0 Å². The fraction of sp³-hybridized carbons (Fsp3) is 0.206. The molecule has 2 heterocycles. The molecular weight excluding hydrogens is 845 g/mol. The number of benzene rings is 9. The molecule has 0 unspecified atom stereocenters. The molecule has 2 saturated carbocycles. The second-order valence-electron chi connectivity index (χ2n) is 21.2. The first-order valence-corrected chi connectivity index (χ1v) is 26.3. The maximum Gasteiger partial charge on any atom is 0.0502 e. The highest BCUT2D eigenvalue weighted by Crippen LogP contribution is 2.60. The van der Waals surface area contributed by atoms with E-state index in [1.54, 1.807) is 5.57 Å². The Morgan fingerprint density at radius 3 is 1.71 bits per heavy atom. The summed E-state index contributed by atoms with van der Waals surface area (Å²) in [6.45, 7) is 0. The van der Waals surface area contributed by atoms with Crippen LogP contribution in [0.5, 0.6) is 0 Å². The summed E-state index contributed by atoms with van der Waals surface area (Å²) in [4.78, 5) is 5.27. The van der Waals surface area contributed by atoms with E-state index in [9.17, 15) is 0 Å². The monoisotopic (exact) mass is 900 g/mol. The number of hydrogen-bond acceptors (Lipinski definition) is 2. The van der Waals surface area contributed by atoms with E-state index in [4.69, 9.17) is 0 Å². The van der Waals surface area contributed by atoms with Crippen molar-refractivity contribution in [2.45, 2.75) is 87.9 Å². The van der Waals surface area contributed by atoms with Crippen molar-refractivity contribution in [3.8, 4) is 11.1 Å². The summed E-state index contributed by atoms with van der Waals surface area (Å²) < 4.78 is 0. The van der Waals surface area contributed by atoms with Gasteiger partial charge in [-0.15, -0.1) is 0 Å². The average molecular weight is 901 g/mol. The van der Waals surface area contributed by atoms with Crippen molar-refractivity contribution in [3.63, 3.8) is 0 Å². The van der Waals surface area contributed by atoms with Gasteiger partial charge in [0.05, 0.1) is 11.4 Å². The number of aryl methyl sites for hydroxylation is 1. The van der Waals surface area contributed by atoms with Crippen LogP contribution < -0.4 is 9.80 Å². The van der Waals surface area contributed by atoms with Gasteiger partial charge in [0.25, 0.3) is 0 Å². The number of para-hydroxylation sites is 3. The van der Waals surface area contributed by atoms with E-state index in [1.165, 1.54) is 168 Å². The summed E-state index contributed by atoms with van der Waals surface area (Å²) >= 11 is 0. The summed E-state index contributed by atoms with van der Waals surface area (Å²) in [5.41, 5.74) is 22.3. The highest BCUT2D eigenvalue weighted by atomic mass is 15.2. The minimum atomic E-state index is 0.0560. The van der Waals surface area contributed by atoms with E-state index < -0.39 is 0 Å². The van der Waals surface area contributed by atoms with Crippen LogP contribution in [0, 0.1) is 0 Å². The molecular formula is C68H56N2. The fourth-order valence-electron chi connectivity index (χ4n) is 14.8. The second-order valence-corrected chi connectivity index (χ2v) is 21.2. The Kier molecular flexibility index (Phi) is 8.99. The predicted octanol–water partition coefficient (Wildman–Crippen LogP) is 18.5. The lowest BCUT2D eigenvalue weighted by atomic mass is 9.67. The molecule has 2 nitrogen and oxygen atoms in total. The number of rotatable bonds is 4. The number of anilines is 5. The zero-order valence-corrected chi connectivity index (χ0v) is 39.9. The van der Waals surface area contributed by atoms with Crippen LogP contribution in [0.3, 0.4) is 0 Å². The van der Waals surface area contributed by atoms with Gasteiger partial charge in [0.2, 0.25) is 0 Å². The van der Waals surface area contributed by atoms with Crippen LogP contribution in [0.2, 0.25) is 0 Å². The SMILES string of the molecule is C1=CC2=C(CC1)N(c1ccc3c(C4=Cc5ccccc5CC4)c4cc(N5c6ccccc6C6(CCCC6)c6ccccc65)ccc4c(-c4ccc5ccccc5c4)c3c1)c1ccccc1C21CCCC1. The van der Waals surface area contributed by atoms with Crippen molar-refractivity contribution in [2.75, 3.05) is 9.80 Å². The lowest BCUT2D eigenvalue weighted by molar-refractivity contribution is 0.512. The highest BCUT2D eigenvalue weighted by molar-refractivity contribution is 6.21. The first-order valence-electron chi connectivity index (χ1n) is 26.3. The lowest BCUT2D eigenvalue weighted by Crippen LogP contribution is -2.36. The van der Waals surface area contributed by atoms with Crippen LogP contribution in [-0.4, -0.2) is 0 Å². The molecule has 0 bridgehead atoms. The van der Waals surface area contributed by atoms with Gasteiger partial charge >= 0.3 is 0 Å². The minimum absolute atomic E-state index is 0.0560. The molecule has 338 valence electrons. The molecule has 2 aliphatic heterocycles. The molecule has 0 aromatic heterocycles. The van der Waals surface area contributed by atoms with Crippen LogP contribution in [0.4, 0.5) is 28.4 Å². The van der Waals surface area contributed by atoms with E-state index in [1.807, 2.05) is 0 Å². The second kappa shape index (κ2) is 15.5. The molecule has 0 saturated heterocycles.